The highest BCUT2D eigenvalue weighted by atomic mass is 16.5. The van der Waals surface area contributed by atoms with Crippen LogP contribution in [-0.4, -0.2) is 39.6 Å². The second kappa shape index (κ2) is 6.93. The number of ether oxygens (including phenoxy) is 1. The van der Waals surface area contributed by atoms with Gasteiger partial charge in [0.25, 0.3) is 0 Å². The molecular formula is C21H27N5O. The molecule has 0 saturated carbocycles. The van der Waals surface area contributed by atoms with Gasteiger partial charge in [0.15, 0.2) is 11.5 Å². The third kappa shape index (κ3) is 3.54. The van der Waals surface area contributed by atoms with E-state index in [1.165, 1.54) is 5.56 Å². The minimum absolute atomic E-state index is 0.0657. The molecule has 1 aliphatic heterocycles. The molecule has 1 N–H and O–H groups in total. The average molecular weight is 365 g/mol. The molecule has 1 aromatic carbocycles. The summed E-state index contributed by atoms with van der Waals surface area (Å²) in [4.78, 5) is 0. The van der Waals surface area contributed by atoms with E-state index in [-0.39, 0.29) is 10.8 Å². The third-order valence-electron chi connectivity index (χ3n) is 5.38. The topological polar surface area (TPSA) is 64.3 Å². The van der Waals surface area contributed by atoms with Crippen LogP contribution in [0.1, 0.15) is 45.0 Å². The average Bonchev–Trinajstić information content (AvgIpc) is 3.11. The molecule has 0 amide bonds. The highest BCUT2D eigenvalue weighted by Crippen LogP contribution is 2.35. The Bertz CT molecular complexity index is 907. The molecule has 0 spiro atoms. The number of nitrogens with one attached hydrogen (secondary N) is 1. The summed E-state index contributed by atoms with van der Waals surface area (Å²) in [6.07, 6.45) is 2.01. The second-order valence-corrected chi connectivity index (χ2v) is 8.37. The normalized spacial score (nSPS) is 17.1. The monoisotopic (exact) mass is 365 g/mol. The van der Waals surface area contributed by atoms with Crippen molar-refractivity contribution in [3.63, 3.8) is 0 Å². The van der Waals surface area contributed by atoms with Crippen molar-refractivity contribution in [1.29, 1.82) is 0 Å². The first-order valence-corrected chi connectivity index (χ1v) is 9.58. The Balaban J connectivity index is 1.61. The Morgan fingerprint density at radius 3 is 2.48 bits per heavy atom. The van der Waals surface area contributed by atoms with Crippen LogP contribution < -0.4 is 5.32 Å². The Kier molecular flexibility index (Phi) is 4.60. The molecule has 0 unspecified atom stereocenters. The fourth-order valence-corrected chi connectivity index (χ4v) is 3.73. The van der Waals surface area contributed by atoms with Crippen molar-refractivity contribution >= 4 is 11.5 Å². The molecule has 142 valence electrons. The largest absolute Gasteiger partial charge is 0.381 e. The van der Waals surface area contributed by atoms with Gasteiger partial charge < -0.3 is 10.1 Å². The molecule has 6 heteroatoms. The number of anilines is 1. The van der Waals surface area contributed by atoms with Gasteiger partial charge in [-0.3, -0.25) is 0 Å². The predicted octanol–water partition coefficient (Wildman–Crippen LogP) is 3.58. The summed E-state index contributed by atoms with van der Waals surface area (Å²) in [7, 11) is 0. The quantitative estimate of drug-likeness (QED) is 0.765. The van der Waals surface area contributed by atoms with Crippen molar-refractivity contribution in [1.82, 2.24) is 19.8 Å². The molecule has 27 heavy (non-hydrogen) atoms. The Labute approximate surface area is 160 Å². The van der Waals surface area contributed by atoms with E-state index in [0.717, 1.165) is 49.9 Å². The van der Waals surface area contributed by atoms with Gasteiger partial charge in [0.1, 0.15) is 5.82 Å². The molecule has 1 aliphatic rings. The Morgan fingerprint density at radius 2 is 1.78 bits per heavy atom. The van der Waals surface area contributed by atoms with E-state index in [1.54, 1.807) is 0 Å². The number of benzene rings is 1. The summed E-state index contributed by atoms with van der Waals surface area (Å²) in [5.74, 6) is 1.71. The van der Waals surface area contributed by atoms with Crippen molar-refractivity contribution in [2.45, 2.75) is 44.4 Å². The zero-order valence-electron chi connectivity index (χ0n) is 16.3. The summed E-state index contributed by atoms with van der Waals surface area (Å²) in [5, 5.41) is 16.9. The first-order valence-electron chi connectivity index (χ1n) is 9.58. The summed E-state index contributed by atoms with van der Waals surface area (Å²) < 4.78 is 7.48. The number of nitrogens with zero attached hydrogens (tertiary/aromatic N) is 4. The molecule has 0 atom stereocenters. The summed E-state index contributed by atoms with van der Waals surface area (Å²) in [5.41, 5.74) is 2.09. The van der Waals surface area contributed by atoms with E-state index in [0.29, 0.717) is 0 Å². The zero-order chi connectivity index (χ0) is 18.9. The maximum atomic E-state index is 5.63. The van der Waals surface area contributed by atoms with Gasteiger partial charge in [-0.25, -0.2) is 0 Å². The lowest BCUT2D eigenvalue weighted by atomic mass is 9.74. The van der Waals surface area contributed by atoms with Gasteiger partial charge in [0.2, 0.25) is 0 Å². The van der Waals surface area contributed by atoms with E-state index >= 15 is 0 Å². The maximum Gasteiger partial charge on any atom is 0.178 e. The van der Waals surface area contributed by atoms with Crippen LogP contribution in [0.15, 0.2) is 42.5 Å². The number of aromatic nitrogens is 4. The van der Waals surface area contributed by atoms with Crippen LogP contribution >= 0.6 is 0 Å². The number of hydrogen-bond donors (Lipinski definition) is 1. The molecule has 3 heterocycles. The fourth-order valence-electron chi connectivity index (χ4n) is 3.73. The molecule has 1 fully saturated rings. The zero-order valence-corrected chi connectivity index (χ0v) is 16.3. The molecule has 1 saturated heterocycles. The smallest absolute Gasteiger partial charge is 0.178 e. The van der Waals surface area contributed by atoms with Crippen LogP contribution in [-0.2, 0) is 15.6 Å². The van der Waals surface area contributed by atoms with Crippen LogP contribution in [0.3, 0.4) is 0 Å². The number of rotatable bonds is 4. The van der Waals surface area contributed by atoms with Gasteiger partial charge in [-0.1, -0.05) is 51.1 Å². The predicted molar refractivity (Wildman–Crippen MR) is 106 cm³/mol. The van der Waals surface area contributed by atoms with E-state index in [9.17, 15) is 0 Å². The molecule has 0 radical (unpaired) electrons. The fraction of sp³-hybridized carbons (Fsp3) is 0.476. The van der Waals surface area contributed by atoms with E-state index in [4.69, 9.17) is 9.84 Å². The van der Waals surface area contributed by atoms with Crippen LogP contribution in [0.25, 0.3) is 5.65 Å². The van der Waals surface area contributed by atoms with Crippen LogP contribution in [0, 0.1) is 0 Å². The first kappa shape index (κ1) is 17.9. The van der Waals surface area contributed by atoms with Gasteiger partial charge in [-0.2, -0.15) is 4.52 Å². The second-order valence-electron chi connectivity index (χ2n) is 8.37. The minimum Gasteiger partial charge on any atom is -0.381 e. The molecule has 4 rings (SSSR count). The lowest BCUT2D eigenvalue weighted by molar-refractivity contribution is 0.0543. The molecule has 0 bridgehead atoms. The van der Waals surface area contributed by atoms with Crippen molar-refractivity contribution in [2.75, 3.05) is 25.1 Å². The van der Waals surface area contributed by atoms with Crippen molar-refractivity contribution in [3.8, 4) is 0 Å². The minimum atomic E-state index is -0.114. The summed E-state index contributed by atoms with van der Waals surface area (Å²) in [6, 6.07) is 14.7. The third-order valence-corrected chi connectivity index (χ3v) is 5.38. The van der Waals surface area contributed by atoms with Crippen molar-refractivity contribution < 1.29 is 4.74 Å². The van der Waals surface area contributed by atoms with Crippen molar-refractivity contribution in [2.24, 2.45) is 0 Å². The van der Waals surface area contributed by atoms with Crippen LogP contribution in [0.5, 0.6) is 0 Å². The standard InChI is InChI=1S/C21H27N5O/c1-20(2,3)19-24-23-18-10-9-17(25-26(18)19)22-15-21(11-13-27-14-12-21)16-7-5-4-6-8-16/h4-10H,11-15H2,1-3H3,(H,22,25). The SMILES string of the molecule is CC(C)(C)c1nnc2ccc(NCC3(c4ccccc4)CCOCC3)nn12. The van der Waals surface area contributed by atoms with E-state index < -0.39 is 0 Å². The molecule has 6 nitrogen and oxygen atoms in total. The van der Waals surface area contributed by atoms with Gasteiger partial charge >= 0.3 is 0 Å². The molecule has 2 aromatic heterocycles. The lowest BCUT2D eigenvalue weighted by Crippen LogP contribution is -2.40. The van der Waals surface area contributed by atoms with E-state index in [1.807, 2.05) is 16.6 Å². The van der Waals surface area contributed by atoms with Gasteiger partial charge in [-0.05, 0) is 30.5 Å². The summed E-state index contributed by atoms with van der Waals surface area (Å²) in [6.45, 7) is 8.78. The highest BCUT2D eigenvalue weighted by molar-refractivity contribution is 5.45. The molecule has 3 aromatic rings. The van der Waals surface area contributed by atoms with Gasteiger partial charge in [0, 0.05) is 30.6 Å². The Hall–Kier alpha value is -2.47. The highest BCUT2D eigenvalue weighted by Gasteiger charge is 2.34. The Morgan fingerprint density at radius 1 is 1.04 bits per heavy atom. The maximum absolute atomic E-state index is 5.63. The molecule has 0 aliphatic carbocycles. The van der Waals surface area contributed by atoms with Gasteiger partial charge in [0.05, 0.1) is 0 Å². The van der Waals surface area contributed by atoms with Crippen molar-refractivity contribution in [3.05, 3.63) is 53.9 Å². The number of hydrogen-bond acceptors (Lipinski definition) is 5. The molecular weight excluding hydrogens is 338 g/mol. The number of fused-ring (bicyclic) bond motifs is 1. The first-order chi connectivity index (χ1) is 13.0. The summed E-state index contributed by atoms with van der Waals surface area (Å²) >= 11 is 0. The van der Waals surface area contributed by atoms with E-state index in [2.05, 4.69) is 66.6 Å². The van der Waals surface area contributed by atoms with Crippen LogP contribution in [0.2, 0.25) is 0 Å². The van der Waals surface area contributed by atoms with Gasteiger partial charge in [-0.15, -0.1) is 15.3 Å². The van der Waals surface area contributed by atoms with Crippen LogP contribution in [0.4, 0.5) is 5.82 Å². The lowest BCUT2D eigenvalue weighted by Gasteiger charge is -2.38.